The standard InChI is InChI=1S/C60H40N2S/c1-3-14-41(15-4-1)43-28-30-44(31-29-43)46-34-38-49(39-35-46)61(48-36-32-45(33-37-48)42-16-5-2-6-17-42)50-19-11-18-47(40-50)51-22-12-24-55-59(51)52-20-7-9-23-54(52)62(55)56-25-13-27-58-60(56)53-21-8-10-26-57(53)63-58/h1-40H. The number of aromatic nitrogens is 1. The van der Waals surface area contributed by atoms with Crippen LogP contribution in [0, 0.1) is 0 Å². The van der Waals surface area contributed by atoms with Gasteiger partial charge in [0, 0.05) is 48.0 Å². The van der Waals surface area contributed by atoms with Crippen LogP contribution in [-0.2, 0) is 0 Å². The highest BCUT2D eigenvalue weighted by Gasteiger charge is 2.20. The van der Waals surface area contributed by atoms with E-state index in [2.05, 4.69) is 252 Å². The number of thiophene rings is 1. The summed E-state index contributed by atoms with van der Waals surface area (Å²) in [4.78, 5) is 2.38. The molecule has 0 spiro atoms. The fraction of sp³-hybridized carbons (Fsp3) is 0. The van der Waals surface area contributed by atoms with Crippen LogP contribution >= 0.6 is 11.3 Å². The van der Waals surface area contributed by atoms with E-state index in [1.807, 2.05) is 11.3 Å². The van der Waals surface area contributed by atoms with Gasteiger partial charge in [-0.15, -0.1) is 11.3 Å². The van der Waals surface area contributed by atoms with Crippen molar-refractivity contribution in [1.82, 2.24) is 4.57 Å². The monoisotopic (exact) mass is 820 g/mol. The lowest BCUT2D eigenvalue weighted by Crippen LogP contribution is -2.10. The average Bonchev–Trinajstić information content (AvgIpc) is 3.92. The van der Waals surface area contributed by atoms with Crippen molar-refractivity contribution < 1.29 is 0 Å². The summed E-state index contributed by atoms with van der Waals surface area (Å²) < 4.78 is 5.09. The molecule has 0 fully saturated rings. The van der Waals surface area contributed by atoms with Crippen LogP contribution in [0.5, 0.6) is 0 Å². The average molecular weight is 821 g/mol. The van der Waals surface area contributed by atoms with E-state index in [0.717, 1.165) is 17.1 Å². The minimum absolute atomic E-state index is 1.09. The number of hydrogen-bond donors (Lipinski definition) is 0. The molecule has 2 aromatic heterocycles. The Hall–Kier alpha value is -7.98. The molecule has 0 unspecified atom stereocenters. The highest BCUT2D eigenvalue weighted by atomic mass is 32.1. The fourth-order valence-electron chi connectivity index (χ4n) is 9.44. The van der Waals surface area contributed by atoms with Crippen LogP contribution < -0.4 is 4.90 Å². The van der Waals surface area contributed by atoms with Gasteiger partial charge in [0.2, 0.25) is 0 Å². The zero-order chi connectivity index (χ0) is 41.7. The Balaban J connectivity index is 0.983. The van der Waals surface area contributed by atoms with Crippen molar-refractivity contribution in [3.05, 3.63) is 243 Å². The van der Waals surface area contributed by atoms with Crippen molar-refractivity contribution in [2.75, 3.05) is 4.90 Å². The molecule has 2 nitrogen and oxygen atoms in total. The van der Waals surface area contributed by atoms with Crippen molar-refractivity contribution >= 4 is 70.4 Å². The van der Waals surface area contributed by atoms with Gasteiger partial charge < -0.3 is 9.47 Å². The van der Waals surface area contributed by atoms with E-state index in [1.54, 1.807) is 0 Å². The Labute approximate surface area is 370 Å². The molecule has 0 aliphatic carbocycles. The summed E-state index contributed by atoms with van der Waals surface area (Å²) in [6.45, 7) is 0. The Kier molecular flexibility index (Phi) is 9.06. The van der Waals surface area contributed by atoms with Crippen LogP contribution in [0.3, 0.4) is 0 Å². The van der Waals surface area contributed by atoms with Crippen LogP contribution in [-0.4, -0.2) is 4.57 Å². The normalized spacial score (nSPS) is 11.5. The highest BCUT2D eigenvalue weighted by Crippen LogP contribution is 2.45. The van der Waals surface area contributed by atoms with Gasteiger partial charge in [0.15, 0.2) is 0 Å². The van der Waals surface area contributed by atoms with E-state index in [-0.39, 0.29) is 0 Å². The molecule has 0 aliphatic heterocycles. The zero-order valence-electron chi connectivity index (χ0n) is 34.4. The predicted octanol–water partition coefficient (Wildman–Crippen LogP) is 17.3. The maximum absolute atomic E-state index is 2.48. The molecule has 2 heterocycles. The van der Waals surface area contributed by atoms with Gasteiger partial charge >= 0.3 is 0 Å². The Morgan fingerprint density at radius 1 is 0.302 bits per heavy atom. The van der Waals surface area contributed by atoms with Gasteiger partial charge in [-0.05, 0) is 111 Å². The lowest BCUT2D eigenvalue weighted by molar-refractivity contribution is 1.20. The number of benzene rings is 10. The van der Waals surface area contributed by atoms with Gasteiger partial charge in [-0.1, -0.05) is 176 Å². The van der Waals surface area contributed by atoms with E-state index >= 15 is 0 Å². The third kappa shape index (κ3) is 6.50. The number of anilines is 3. The first-order chi connectivity index (χ1) is 31.2. The summed E-state index contributed by atoms with van der Waals surface area (Å²) in [7, 11) is 0. The SMILES string of the molecule is c1ccc(-c2ccc(-c3ccc(N(c4ccc(-c5ccccc5)cc4)c4cccc(-c5cccc6c5c5ccccc5n6-c5cccc6sc7ccccc7c56)c4)cc3)cc2)cc1. The van der Waals surface area contributed by atoms with E-state index < -0.39 is 0 Å². The smallest absolute Gasteiger partial charge is 0.0555 e. The number of hydrogen-bond acceptors (Lipinski definition) is 2. The summed E-state index contributed by atoms with van der Waals surface area (Å²) >= 11 is 1.87. The van der Waals surface area contributed by atoms with Gasteiger partial charge in [0.25, 0.3) is 0 Å². The molecule has 0 N–H and O–H groups in total. The molecule has 296 valence electrons. The van der Waals surface area contributed by atoms with Crippen LogP contribution in [0.2, 0.25) is 0 Å². The van der Waals surface area contributed by atoms with E-state index in [9.17, 15) is 0 Å². The number of para-hydroxylation sites is 1. The third-order valence-corrected chi connectivity index (χ3v) is 13.6. The second-order valence-electron chi connectivity index (χ2n) is 16.1. The first-order valence-electron chi connectivity index (χ1n) is 21.5. The molecule has 3 heteroatoms. The second kappa shape index (κ2) is 15.5. The largest absolute Gasteiger partial charge is 0.310 e. The lowest BCUT2D eigenvalue weighted by Gasteiger charge is -2.26. The van der Waals surface area contributed by atoms with E-state index in [0.29, 0.717) is 0 Å². The number of nitrogens with zero attached hydrogens (tertiary/aromatic N) is 2. The summed E-state index contributed by atoms with van der Waals surface area (Å²) in [5.41, 5.74) is 16.5. The Morgan fingerprint density at radius 3 is 1.43 bits per heavy atom. The predicted molar refractivity (Wildman–Crippen MR) is 270 cm³/mol. The van der Waals surface area contributed by atoms with Gasteiger partial charge in [0.1, 0.15) is 0 Å². The van der Waals surface area contributed by atoms with E-state index in [4.69, 9.17) is 0 Å². The van der Waals surface area contributed by atoms with Gasteiger partial charge in [-0.2, -0.15) is 0 Å². The molecule has 12 rings (SSSR count). The fourth-order valence-corrected chi connectivity index (χ4v) is 10.6. The van der Waals surface area contributed by atoms with Crippen molar-refractivity contribution in [1.29, 1.82) is 0 Å². The van der Waals surface area contributed by atoms with E-state index in [1.165, 1.54) is 92.2 Å². The molecule has 0 bridgehead atoms. The Bertz CT molecular complexity index is 3580. The molecule has 63 heavy (non-hydrogen) atoms. The minimum Gasteiger partial charge on any atom is -0.310 e. The van der Waals surface area contributed by atoms with Crippen molar-refractivity contribution in [2.45, 2.75) is 0 Å². The maximum atomic E-state index is 2.48. The van der Waals surface area contributed by atoms with Crippen LogP contribution in [0.1, 0.15) is 0 Å². The molecule has 0 radical (unpaired) electrons. The molecule has 12 aromatic rings. The second-order valence-corrected chi connectivity index (χ2v) is 17.2. The molecule has 0 amide bonds. The van der Waals surface area contributed by atoms with Gasteiger partial charge in [-0.3, -0.25) is 0 Å². The minimum atomic E-state index is 1.09. The first kappa shape index (κ1) is 36.8. The summed E-state index contributed by atoms with van der Waals surface area (Å²) in [5.74, 6) is 0. The van der Waals surface area contributed by atoms with Crippen molar-refractivity contribution in [3.8, 4) is 50.2 Å². The molecule has 0 saturated heterocycles. The van der Waals surface area contributed by atoms with Gasteiger partial charge in [0.05, 0.1) is 16.7 Å². The maximum Gasteiger partial charge on any atom is 0.0555 e. The van der Waals surface area contributed by atoms with Crippen LogP contribution in [0.4, 0.5) is 17.1 Å². The summed E-state index contributed by atoms with van der Waals surface area (Å²) in [6.07, 6.45) is 0. The van der Waals surface area contributed by atoms with Crippen LogP contribution in [0.15, 0.2) is 243 Å². The van der Waals surface area contributed by atoms with Gasteiger partial charge in [-0.25, -0.2) is 0 Å². The highest BCUT2D eigenvalue weighted by molar-refractivity contribution is 7.25. The topological polar surface area (TPSA) is 8.17 Å². The molecule has 10 aromatic carbocycles. The molecular formula is C60H40N2S. The molecule has 0 aliphatic rings. The molecular weight excluding hydrogens is 781 g/mol. The quantitative estimate of drug-likeness (QED) is 0.148. The zero-order valence-corrected chi connectivity index (χ0v) is 35.2. The van der Waals surface area contributed by atoms with Crippen molar-refractivity contribution in [3.63, 3.8) is 0 Å². The van der Waals surface area contributed by atoms with Crippen LogP contribution in [0.25, 0.3) is 92.2 Å². The first-order valence-corrected chi connectivity index (χ1v) is 22.3. The molecule has 0 atom stereocenters. The van der Waals surface area contributed by atoms with Crippen molar-refractivity contribution in [2.24, 2.45) is 0 Å². The number of fused-ring (bicyclic) bond motifs is 6. The summed E-state index contributed by atoms with van der Waals surface area (Å²) in [5, 5.41) is 5.10. The molecule has 0 saturated carbocycles. The Morgan fingerprint density at radius 2 is 0.778 bits per heavy atom. The number of rotatable bonds is 8. The lowest BCUT2D eigenvalue weighted by atomic mass is 9.98. The summed E-state index contributed by atoms with van der Waals surface area (Å²) in [6, 6.07) is 88.3. The third-order valence-electron chi connectivity index (χ3n) is 12.4.